The number of nitrogens with zero attached hydrogens (tertiary/aromatic N) is 3. The van der Waals surface area contributed by atoms with Crippen LogP contribution in [0.15, 0.2) is 4.52 Å². The van der Waals surface area contributed by atoms with Crippen molar-refractivity contribution in [2.45, 2.75) is 32.2 Å². The van der Waals surface area contributed by atoms with Crippen LogP contribution in [0.25, 0.3) is 0 Å². The average Bonchev–Trinajstić information content (AvgIpc) is 2.76. The number of piperidine rings is 1. The van der Waals surface area contributed by atoms with Crippen LogP contribution in [-0.2, 0) is 6.42 Å². The number of rotatable bonds is 4. The van der Waals surface area contributed by atoms with Crippen LogP contribution < -0.4 is 5.32 Å². The average molecular weight is 238 g/mol. The molecule has 2 heterocycles. The third-order valence-electron chi connectivity index (χ3n) is 3.48. The zero-order valence-electron chi connectivity index (χ0n) is 10.9. The van der Waals surface area contributed by atoms with Gasteiger partial charge in [0, 0.05) is 13.0 Å². The summed E-state index contributed by atoms with van der Waals surface area (Å²) in [6, 6.07) is 0.130. The molecule has 0 amide bonds. The minimum atomic E-state index is 0.130. The van der Waals surface area contributed by atoms with Gasteiger partial charge in [0.15, 0.2) is 5.82 Å². The summed E-state index contributed by atoms with van der Waals surface area (Å²) in [7, 11) is 4.07. The third kappa shape index (κ3) is 3.26. The van der Waals surface area contributed by atoms with E-state index < -0.39 is 0 Å². The Morgan fingerprint density at radius 2 is 2.41 bits per heavy atom. The molecule has 0 spiro atoms. The van der Waals surface area contributed by atoms with Crippen LogP contribution in [0.1, 0.15) is 37.5 Å². The number of aromatic nitrogens is 2. The molecule has 1 aromatic rings. The minimum absolute atomic E-state index is 0.130. The Labute approximate surface area is 103 Å². The predicted octanol–water partition coefficient (Wildman–Crippen LogP) is 1.23. The molecule has 0 aromatic carbocycles. The van der Waals surface area contributed by atoms with Gasteiger partial charge in [-0.3, -0.25) is 0 Å². The highest BCUT2D eigenvalue weighted by Gasteiger charge is 2.20. The summed E-state index contributed by atoms with van der Waals surface area (Å²) in [5.74, 6) is 2.21. The van der Waals surface area contributed by atoms with Gasteiger partial charge in [0.05, 0.1) is 6.04 Å². The maximum absolute atomic E-state index is 5.25. The highest BCUT2D eigenvalue weighted by molar-refractivity contribution is 4.93. The molecule has 1 aliphatic heterocycles. The fourth-order valence-electron chi connectivity index (χ4n) is 2.35. The van der Waals surface area contributed by atoms with Gasteiger partial charge in [-0.05, 0) is 46.3 Å². The maximum atomic E-state index is 5.25. The first-order valence-corrected chi connectivity index (χ1v) is 6.37. The van der Waals surface area contributed by atoms with E-state index in [0.717, 1.165) is 18.8 Å². The van der Waals surface area contributed by atoms with Gasteiger partial charge in [-0.1, -0.05) is 5.16 Å². The molecule has 1 fully saturated rings. The summed E-state index contributed by atoms with van der Waals surface area (Å²) < 4.78 is 5.25. The Hall–Kier alpha value is -0.940. The smallest absolute Gasteiger partial charge is 0.243 e. The van der Waals surface area contributed by atoms with Crippen molar-refractivity contribution in [3.8, 4) is 0 Å². The van der Waals surface area contributed by atoms with E-state index in [1.165, 1.54) is 19.4 Å². The van der Waals surface area contributed by atoms with Gasteiger partial charge in [0.25, 0.3) is 0 Å². The van der Waals surface area contributed by atoms with Crippen molar-refractivity contribution in [1.29, 1.82) is 0 Å². The van der Waals surface area contributed by atoms with E-state index in [4.69, 9.17) is 4.52 Å². The van der Waals surface area contributed by atoms with E-state index in [1.807, 2.05) is 14.0 Å². The summed E-state index contributed by atoms with van der Waals surface area (Å²) >= 11 is 0. The molecule has 0 bridgehead atoms. The first-order chi connectivity index (χ1) is 8.19. The van der Waals surface area contributed by atoms with E-state index in [0.29, 0.717) is 11.8 Å². The highest BCUT2D eigenvalue weighted by Crippen LogP contribution is 2.19. The van der Waals surface area contributed by atoms with Crippen LogP contribution in [0.3, 0.4) is 0 Å². The Balaban J connectivity index is 1.92. The van der Waals surface area contributed by atoms with Gasteiger partial charge in [0.2, 0.25) is 5.89 Å². The molecule has 2 rings (SSSR count). The van der Waals surface area contributed by atoms with Crippen LogP contribution >= 0.6 is 0 Å². The van der Waals surface area contributed by atoms with Gasteiger partial charge in [-0.15, -0.1) is 0 Å². The summed E-state index contributed by atoms with van der Waals surface area (Å²) in [5, 5.41) is 7.16. The molecule has 1 saturated heterocycles. The lowest BCUT2D eigenvalue weighted by Gasteiger charge is -2.28. The molecule has 0 saturated carbocycles. The molecule has 17 heavy (non-hydrogen) atoms. The monoisotopic (exact) mass is 238 g/mol. The lowest BCUT2D eigenvalue weighted by atomic mass is 9.95. The van der Waals surface area contributed by atoms with E-state index in [9.17, 15) is 0 Å². The van der Waals surface area contributed by atoms with Crippen molar-refractivity contribution >= 4 is 0 Å². The second kappa shape index (κ2) is 5.60. The Bertz CT molecular complexity index is 352. The van der Waals surface area contributed by atoms with Crippen molar-refractivity contribution in [3.05, 3.63) is 11.7 Å². The lowest BCUT2D eigenvalue weighted by molar-refractivity contribution is 0.206. The molecule has 5 nitrogen and oxygen atoms in total. The molecule has 1 N–H and O–H groups in total. The normalized spacial score (nSPS) is 23.8. The van der Waals surface area contributed by atoms with E-state index in [-0.39, 0.29) is 6.04 Å². The zero-order valence-corrected chi connectivity index (χ0v) is 10.9. The molecule has 1 aliphatic rings. The van der Waals surface area contributed by atoms with Gasteiger partial charge in [0.1, 0.15) is 0 Å². The van der Waals surface area contributed by atoms with Crippen molar-refractivity contribution in [2.24, 2.45) is 5.92 Å². The Kier molecular flexibility index (Phi) is 4.12. The number of likely N-dealkylation sites (tertiary alicyclic amines) is 1. The molecule has 2 atom stereocenters. The van der Waals surface area contributed by atoms with Crippen LogP contribution in [0.2, 0.25) is 0 Å². The molecule has 1 aromatic heterocycles. The molecule has 2 unspecified atom stereocenters. The highest BCUT2D eigenvalue weighted by atomic mass is 16.5. The zero-order chi connectivity index (χ0) is 12.3. The van der Waals surface area contributed by atoms with E-state index >= 15 is 0 Å². The molecular weight excluding hydrogens is 216 g/mol. The second-order valence-electron chi connectivity index (χ2n) is 5.03. The first kappa shape index (κ1) is 12.5. The van der Waals surface area contributed by atoms with Crippen molar-refractivity contribution in [2.75, 3.05) is 27.2 Å². The quantitative estimate of drug-likeness (QED) is 0.855. The van der Waals surface area contributed by atoms with Crippen LogP contribution in [0, 0.1) is 5.92 Å². The molecule has 0 aliphatic carbocycles. The van der Waals surface area contributed by atoms with Gasteiger partial charge in [-0.2, -0.15) is 4.98 Å². The predicted molar refractivity (Wildman–Crippen MR) is 65.7 cm³/mol. The molecule has 0 radical (unpaired) electrons. The molecule has 5 heteroatoms. The largest absolute Gasteiger partial charge is 0.338 e. The topological polar surface area (TPSA) is 54.2 Å². The van der Waals surface area contributed by atoms with Crippen LogP contribution in [-0.4, -0.2) is 42.2 Å². The minimum Gasteiger partial charge on any atom is -0.338 e. The third-order valence-corrected chi connectivity index (χ3v) is 3.48. The van der Waals surface area contributed by atoms with Crippen molar-refractivity contribution in [1.82, 2.24) is 20.4 Å². The van der Waals surface area contributed by atoms with Gasteiger partial charge < -0.3 is 14.7 Å². The summed E-state index contributed by atoms with van der Waals surface area (Å²) in [6.45, 7) is 4.38. The van der Waals surface area contributed by atoms with Crippen LogP contribution in [0.5, 0.6) is 0 Å². The van der Waals surface area contributed by atoms with Crippen molar-refractivity contribution in [3.63, 3.8) is 0 Å². The first-order valence-electron chi connectivity index (χ1n) is 6.37. The fraction of sp³-hybridized carbons (Fsp3) is 0.833. The summed E-state index contributed by atoms with van der Waals surface area (Å²) in [5.41, 5.74) is 0. The molecule has 96 valence electrons. The summed E-state index contributed by atoms with van der Waals surface area (Å²) in [4.78, 5) is 6.82. The second-order valence-corrected chi connectivity index (χ2v) is 5.03. The number of hydrogen-bond donors (Lipinski definition) is 1. The Morgan fingerprint density at radius 1 is 1.59 bits per heavy atom. The standard InChI is InChI=1S/C12H22N4O/c1-9(13-2)12-14-11(15-17-12)7-10-5-4-6-16(3)8-10/h9-10,13H,4-8H2,1-3H3. The maximum Gasteiger partial charge on any atom is 0.243 e. The van der Waals surface area contributed by atoms with Gasteiger partial charge in [-0.25, -0.2) is 0 Å². The molecular formula is C12H22N4O. The SMILES string of the molecule is CNC(C)c1nc(CC2CCCN(C)C2)no1. The van der Waals surface area contributed by atoms with E-state index in [2.05, 4.69) is 27.4 Å². The Morgan fingerprint density at radius 3 is 3.12 bits per heavy atom. The number of nitrogens with one attached hydrogen (secondary N) is 1. The van der Waals surface area contributed by atoms with E-state index in [1.54, 1.807) is 0 Å². The number of hydrogen-bond acceptors (Lipinski definition) is 5. The van der Waals surface area contributed by atoms with Crippen LogP contribution in [0.4, 0.5) is 0 Å². The van der Waals surface area contributed by atoms with Gasteiger partial charge >= 0.3 is 0 Å². The fourth-order valence-corrected chi connectivity index (χ4v) is 2.35. The van der Waals surface area contributed by atoms with Crippen molar-refractivity contribution < 1.29 is 4.52 Å². The summed E-state index contributed by atoms with van der Waals surface area (Å²) in [6.07, 6.45) is 3.48. The lowest BCUT2D eigenvalue weighted by Crippen LogP contribution is -2.33.